The van der Waals surface area contributed by atoms with Crippen LogP contribution in [0, 0.1) is 0 Å². The number of hydrogen-bond acceptors (Lipinski definition) is 4. The van der Waals surface area contributed by atoms with Crippen molar-refractivity contribution < 1.29 is 9.90 Å². The minimum absolute atomic E-state index is 0.445. The van der Waals surface area contributed by atoms with Crippen molar-refractivity contribution in [1.29, 1.82) is 0 Å². The number of nitrogens with zero attached hydrogens (tertiary/aromatic N) is 2. The first-order chi connectivity index (χ1) is 9.27. The van der Waals surface area contributed by atoms with Crippen molar-refractivity contribution in [2.24, 2.45) is 0 Å². The number of rotatable bonds is 2. The molecular formula is C14H15N3O2. The van der Waals surface area contributed by atoms with E-state index in [4.69, 9.17) is 0 Å². The average Bonchev–Trinajstić information content (AvgIpc) is 2.46. The summed E-state index contributed by atoms with van der Waals surface area (Å²) in [6.45, 7) is 1.87. The van der Waals surface area contributed by atoms with E-state index in [1.54, 1.807) is 6.20 Å². The van der Waals surface area contributed by atoms with Crippen LogP contribution < -0.4 is 10.2 Å². The normalized spacial score (nSPS) is 19.6. The molecule has 1 aromatic carbocycles. The van der Waals surface area contributed by atoms with Crippen molar-refractivity contribution in [1.82, 2.24) is 10.3 Å². The van der Waals surface area contributed by atoms with Gasteiger partial charge in [-0.15, -0.1) is 0 Å². The zero-order valence-electron chi connectivity index (χ0n) is 10.4. The molecule has 1 aromatic heterocycles. The molecule has 1 atom stereocenters. The summed E-state index contributed by atoms with van der Waals surface area (Å²) in [5.41, 5.74) is 0. The van der Waals surface area contributed by atoms with E-state index in [0.717, 1.165) is 23.1 Å². The van der Waals surface area contributed by atoms with Crippen LogP contribution in [0.4, 0.5) is 5.82 Å². The predicted octanol–water partition coefficient (Wildman–Crippen LogP) is 1.10. The zero-order valence-corrected chi connectivity index (χ0v) is 10.4. The summed E-state index contributed by atoms with van der Waals surface area (Å²) in [6, 6.07) is 9.30. The molecule has 98 valence electrons. The van der Waals surface area contributed by atoms with Crippen LogP contribution in [0.5, 0.6) is 0 Å². The molecule has 0 aliphatic carbocycles. The smallest absolute Gasteiger partial charge is 0.327 e. The van der Waals surface area contributed by atoms with Crippen molar-refractivity contribution in [2.45, 2.75) is 6.04 Å². The number of piperazine rings is 1. The van der Waals surface area contributed by atoms with Crippen molar-refractivity contribution in [3.05, 3.63) is 36.5 Å². The van der Waals surface area contributed by atoms with Crippen molar-refractivity contribution in [2.75, 3.05) is 24.5 Å². The Morgan fingerprint density at radius 3 is 3.05 bits per heavy atom. The Hall–Kier alpha value is -2.14. The molecule has 1 aliphatic heterocycles. The predicted molar refractivity (Wildman–Crippen MR) is 73.4 cm³/mol. The molecule has 19 heavy (non-hydrogen) atoms. The lowest BCUT2D eigenvalue weighted by molar-refractivity contribution is -0.138. The van der Waals surface area contributed by atoms with Gasteiger partial charge in [0.25, 0.3) is 0 Å². The number of pyridine rings is 1. The maximum Gasteiger partial charge on any atom is 0.327 e. The van der Waals surface area contributed by atoms with Gasteiger partial charge in [-0.2, -0.15) is 0 Å². The Morgan fingerprint density at radius 2 is 2.21 bits per heavy atom. The van der Waals surface area contributed by atoms with Crippen molar-refractivity contribution in [3.63, 3.8) is 0 Å². The molecule has 0 spiro atoms. The molecule has 2 aromatic rings. The van der Waals surface area contributed by atoms with E-state index in [-0.39, 0.29) is 0 Å². The number of aliphatic carboxylic acids is 1. The molecule has 5 nitrogen and oxygen atoms in total. The first kappa shape index (κ1) is 11.9. The number of fused-ring (bicyclic) bond motifs is 1. The second-order valence-corrected chi connectivity index (χ2v) is 4.61. The fraction of sp³-hybridized carbons (Fsp3) is 0.286. The van der Waals surface area contributed by atoms with Crippen LogP contribution in [0.15, 0.2) is 36.5 Å². The van der Waals surface area contributed by atoms with Crippen LogP contribution in [0.2, 0.25) is 0 Å². The van der Waals surface area contributed by atoms with Crippen LogP contribution in [0.25, 0.3) is 10.8 Å². The van der Waals surface area contributed by atoms with Crippen molar-refractivity contribution in [3.8, 4) is 0 Å². The molecule has 0 saturated carbocycles. The summed E-state index contributed by atoms with van der Waals surface area (Å²) in [6.07, 6.45) is 1.73. The summed E-state index contributed by atoms with van der Waals surface area (Å²) < 4.78 is 0. The average molecular weight is 257 g/mol. The summed E-state index contributed by atoms with van der Waals surface area (Å²) in [5.74, 6) is -0.0612. The molecule has 3 rings (SSSR count). The minimum Gasteiger partial charge on any atom is -0.480 e. The zero-order chi connectivity index (χ0) is 13.2. The number of hydrogen-bond donors (Lipinski definition) is 2. The standard InChI is InChI=1S/C14H15N3O2/c18-14(19)12-9-15-7-8-17(12)13-11-4-2-1-3-10(11)5-6-16-13/h1-6,12,15H,7-9H2,(H,18,19). The van der Waals surface area contributed by atoms with Gasteiger partial charge in [-0.3, -0.25) is 0 Å². The third-order valence-electron chi connectivity index (χ3n) is 3.45. The number of nitrogens with one attached hydrogen (secondary N) is 1. The molecule has 2 N–H and O–H groups in total. The van der Waals surface area contributed by atoms with Crippen LogP contribution >= 0.6 is 0 Å². The second-order valence-electron chi connectivity index (χ2n) is 4.61. The number of carboxylic acid groups (broad SMARTS) is 1. The highest BCUT2D eigenvalue weighted by atomic mass is 16.4. The first-order valence-corrected chi connectivity index (χ1v) is 6.31. The molecule has 2 heterocycles. The van der Waals surface area contributed by atoms with Crippen LogP contribution in [0.3, 0.4) is 0 Å². The monoisotopic (exact) mass is 257 g/mol. The third-order valence-corrected chi connectivity index (χ3v) is 3.45. The Balaban J connectivity index is 2.09. The van der Waals surface area contributed by atoms with Gasteiger partial charge in [0.1, 0.15) is 11.9 Å². The summed E-state index contributed by atoms with van der Waals surface area (Å²) in [4.78, 5) is 17.6. The van der Waals surface area contributed by atoms with E-state index in [0.29, 0.717) is 13.1 Å². The number of benzene rings is 1. The largest absolute Gasteiger partial charge is 0.480 e. The number of aromatic nitrogens is 1. The van der Waals surface area contributed by atoms with Crippen LogP contribution in [0.1, 0.15) is 0 Å². The minimum atomic E-state index is -0.818. The van der Waals surface area contributed by atoms with E-state index in [1.807, 2.05) is 35.2 Å². The molecule has 0 radical (unpaired) electrons. The molecule has 1 saturated heterocycles. The Kier molecular flexibility index (Phi) is 3.05. The number of anilines is 1. The van der Waals surface area contributed by atoms with Gasteiger partial charge >= 0.3 is 5.97 Å². The van der Waals surface area contributed by atoms with E-state index >= 15 is 0 Å². The maximum absolute atomic E-state index is 11.4. The lowest BCUT2D eigenvalue weighted by Gasteiger charge is -2.35. The van der Waals surface area contributed by atoms with Gasteiger partial charge in [-0.25, -0.2) is 9.78 Å². The van der Waals surface area contributed by atoms with Crippen LogP contribution in [-0.4, -0.2) is 41.7 Å². The van der Waals surface area contributed by atoms with Gasteiger partial charge in [0.05, 0.1) is 0 Å². The van der Waals surface area contributed by atoms with E-state index in [9.17, 15) is 9.90 Å². The molecule has 0 amide bonds. The molecule has 5 heteroatoms. The van der Waals surface area contributed by atoms with E-state index < -0.39 is 12.0 Å². The summed E-state index contributed by atoms with van der Waals surface area (Å²) in [7, 11) is 0. The van der Waals surface area contributed by atoms with Gasteiger partial charge in [-0.1, -0.05) is 24.3 Å². The van der Waals surface area contributed by atoms with E-state index in [1.165, 1.54) is 0 Å². The number of carboxylic acids is 1. The summed E-state index contributed by atoms with van der Waals surface area (Å²) in [5, 5.41) is 14.5. The lowest BCUT2D eigenvalue weighted by Crippen LogP contribution is -2.55. The van der Waals surface area contributed by atoms with Gasteiger partial charge in [-0.05, 0) is 11.5 Å². The van der Waals surface area contributed by atoms with Crippen LogP contribution in [-0.2, 0) is 4.79 Å². The topological polar surface area (TPSA) is 65.5 Å². The molecule has 1 fully saturated rings. The maximum atomic E-state index is 11.4. The van der Waals surface area contributed by atoms with E-state index in [2.05, 4.69) is 10.3 Å². The SMILES string of the molecule is O=C(O)C1CNCCN1c1nccc2ccccc12. The van der Waals surface area contributed by atoms with Gasteiger partial charge in [0.15, 0.2) is 0 Å². The quantitative estimate of drug-likeness (QED) is 0.843. The molecule has 1 aliphatic rings. The fourth-order valence-corrected chi connectivity index (χ4v) is 2.51. The second kappa shape index (κ2) is 4.85. The highest BCUT2D eigenvalue weighted by molar-refractivity contribution is 5.93. The first-order valence-electron chi connectivity index (χ1n) is 6.31. The van der Waals surface area contributed by atoms with Gasteiger partial charge in [0, 0.05) is 31.2 Å². The highest BCUT2D eigenvalue weighted by Gasteiger charge is 2.30. The fourth-order valence-electron chi connectivity index (χ4n) is 2.51. The molecular weight excluding hydrogens is 242 g/mol. The van der Waals surface area contributed by atoms with Gasteiger partial charge in [0.2, 0.25) is 0 Å². The highest BCUT2D eigenvalue weighted by Crippen LogP contribution is 2.26. The number of carbonyl (C=O) groups is 1. The summed E-state index contributed by atoms with van der Waals surface area (Å²) >= 11 is 0. The Morgan fingerprint density at radius 1 is 1.37 bits per heavy atom. The third kappa shape index (κ3) is 2.13. The molecule has 0 bridgehead atoms. The Bertz CT molecular complexity index is 609. The van der Waals surface area contributed by atoms with Crippen molar-refractivity contribution >= 4 is 22.6 Å². The van der Waals surface area contributed by atoms with Gasteiger partial charge < -0.3 is 15.3 Å². The Labute approximate surface area is 110 Å². The lowest BCUT2D eigenvalue weighted by atomic mass is 10.1. The molecule has 1 unspecified atom stereocenters.